The van der Waals surface area contributed by atoms with Crippen molar-refractivity contribution in [3.63, 3.8) is 0 Å². The number of esters is 1. The Labute approximate surface area is 167 Å². The van der Waals surface area contributed by atoms with E-state index in [1.807, 2.05) is 0 Å². The number of aliphatic hydroxyl groups excluding tert-OH is 1. The number of halogens is 1. The maximum absolute atomic E-state index is 12.5. The van der Waals surface area contributed by atoms with Gasteiger partial charge in [0.15, 0.2) is 5.57 Å². The first kappa shape index (κ1) is 19.7. The molecule has 0 saturated carbocycles. The number of aliphatic hydroxyl groups is 1. The average molecular weight is 403 g/mol. The molecule has 1 aromatic carbocycles. The third kappa shape index (κ3) is 4.61. The van der Waals surface area contributed by atoms with Gasteiger partial charge in [-0.2, -0.15) is 0 Å². The highest BCUT2D eigenvalue weighted by Crippen LogP contribution is 2.23. The van der Waals surface area contributed by atoms with Crippen molar-refractivity contribution in [2.24, 2.45) is 0 Å². The molecule has 3 rings (SSSR count). The molecular formula is C20H19ClN2O5. The Morgan fingerprint density at radius 3 is 2.64 bits per heavy atom. The number of nitrogens with zero attached hydrogens (tertiary/aromatic N) is 2. The van der Waals surface area contributed by atoms with Gasteiger partial charge in [0.1, 0.15) is 11.5 Å². The van der Waals surface area contributed by atoms with Crippen LogP contribution in [0, 0.1) is 0 Å². The number of hydrogen-bond acceptors (Lipinski definition) is 6. The molecule has 2 heterocycles. The highest BCUT2D eigenvalue weighted by Gasteiger charge is 2.33. The molecule has 28 heavy (non-hydrogen) atoms. The molecule has 0 aliphatic carbocycles. The van der Waals surface area contributed by atoms with E-state index in [9.17, 15) is 14.7 Å². The lowest BCUT2D eigenvalue weighted by molar-refractivity contribution is -0.143. The highest BCUT2D eigenvalue weighted by molar-refractivity contribution is 6.30. The van der Waals surface area contributed by atoms with E-state index in [1.54, 1.807) is 49.5 Å². The van der Waals surface area contributed by atoms with Crippen LogP contribution < -0.4 is 4.74 Å². The summed E-state index contributed by atoms with van der Waals surface area (Å²) in [6.07, 6.45) is 1.80. The van der Waals surface area contributed by atoms with Crippen molar-refractivity contribution in [3.05, 3.63) is 64.5 Å². The van der Waals surface area contributed by atoms with Gasteiger partial charge in [-0.05, 0) is 36.8 Å². The Balaban J connectivity index is 1.66. The van der Waals surface area contributed by atoms with Crippen LogP contribution in [0.5, 0.6) is 11.6 Å². The molecule has 0 saturated heterocycles. The fraction of sp³-hybridized carbons (Fsp3) is 0.250. The standard InChI is InChI=1S/C20H19ClN2O5/c1-2-27-20(26)18-16(24)9-10-23(19(18)25)12-13-3-8-17(22-11-13)28-15-6-4-14(21)5-7-15/h3-8,11,24H,2,9-10,12H2,1H3. The lowest BCUT2D eigenvalue weighted by atomic mass is 10.1. The second-order valence-corrected chi connectivity index (χ2v) is 6.52. The summed E-state index contributed by atoms with van der Waals surface area (Å²) >= 11 is 5.85. The topological polar surface area (TPSA) is 89.0 Å². The number of aromatic nitrogens is 1. The Hall–Kier alpha value is -3.06. The molecule has 0 bridgehead atoms. The SMILES string of the molecule is CCOC(=O)C1=C(O)CCN(Cc2ccc(Oc3ccc(Cl)cc3)nc2)C1=O. The zero-order chi connectivity index (χ0) is 20.1. The van der Waals surface area contributed by atoms with E-state index < -0.39 is 11.9 Å². The summed E-state index contributed by atoms with van der Waals surface area (Å²) < 4.78 is 10.5. The van der Waals surface area contributed by atoms with Crippen molar-refractivity contribution in [1.29, 1.82) is 0 Å². The quantitative estimate of drug-likeness (QED) is 0.586. The molecule has 1 aromatic heterocycles. The van der Waals surface area contributed by atoms with Gasteiger partial charge in [-0.25, -0.2) is 9.78 Å². The second-order valence-electron chi connectivity index (χ2n) is 6.08. The van der Waals surface area contributed by atoms with Gasteiger partial charge in [0.2, 0.25) is 5.88 Å². The van der Waals surface area contributed by atoms with Crippen molar-refractivity contribution in [1.82, 2.24) is 9.88 Å². The molecule has 1 aliphatic heterocycles. The van der Waals surface area contributed by atoms with Gasteiger partial charge >= 0.3 is 5.97 Å². The third-order valence-corrected chi connectivity index (χ3v) is 4.35. The molecule has 0 atom stereocenters. The Kier molecular flexibility index (Phi) is 6.16. The molecule has 1 aliphatic rings. The molecular weight excluding hydrogens is 384 g/mol. The molecule has 7 nitrogen and oxygen atoms in total. The summed E-state index contributed by atoms with van der Waals surface area (Å²) in [7, 11) is 0. The van der Waals surface area contributed by atoms with Gasteiger partial charge in [0, 0.05) is 36.8 Å². The second kappa shape index (κ2) is 8.75. The van der Waals surface area contributed by atoms with E-state index in [-0.39, 0.29) is 30.9 Å². The minimum absolute atomic E-state index is 0.127. The predicted molar refractivity (Wildman–Crippen MR) is 102 cm³/mol. The van der Waals surface area contributed by atoms with Crippen LogP contribution in [-0.4, -0.2) is 40.0 Å². The minimum Gasteiger partial charge on any atom is -0.511 e. The fourth-order valence-electron chi connectivity index (χ4n) is 2.72. The first-order chi connectivity index (χ1) is 13.5. The van der Waals surface area contributed by atoms with Crippen molar-refractivity contribution in [2.45, 2.75) is 19.9 Å². The molecule has 1 amide bonds. The van der Waals surface area contributed by atoms with Crippen LogP contribution in [0.25, 0.3) is 0 Å². The third-order valence-electron chi connectivity index (χ3n) is 4.09. The molecule has 8 heteroatoms. The van der Waals surface area contributed by atoms with Gasteiger partial charge in [0.05, 0.1) is 6.61 Å². The van der Waals surface area contributed by atoms with Crippen LogP contribution >= 0.6 is 11.6 Å². The van der Waals surface area contributed by atoms with Crippen molar-refractivity contribution in [3.8, 4) is 11.6 Å². The summed E-state index contributed by atoms with van der Waals surface area (Å²) in [5, 5.41) is 10.5. The van der Waals surface area contributed by atoms with Crippen LogP contribution in [0.15, 0.2) is 53.9 Å². The Bertz CT molecular complexity index is 894. The molecule has 1 N–H and O–H groups in total. The number of rotatable bonds is 6. The highest BCUT2D eigenvalue weighted by atomic mass is 35.5. The Morgan fingerprint density at radius 1 is 1.25 bits per heavy atom. The summed E-state index contributed by atoms with van der Waals surface area (Å²) in [6.45, 7) is 2.32. The van der Waals surface area contributed by atoms with Gasteiger partial charge in [-0.15, -0.1) is 0 Å². The summed E-state index contributed by atoms with van der Waals surface area (Å²) in [5.74, 6) is -0.580. The lowest BCUT2D eigenvalue weighted by Crippen LogP contribution is -2.39. The largest absolute Gasteiger partial charge is 0.511 e. The van der Waals surface area contributed by atoms with Crippen LogP contribution in [0.2, 0.25) is 5.02 Å². The number of carbonyl (C=O) groups is 2. The van der Waals surface area contributed by atoms with E-state index in [0.717, 1.165) is 5.56 Å². The van der Waals surface area contributed by atoms with Gasteiger partial charge in [0.25, 0.3) is 5.91 Å². The smallest absolute Gasteiger partial charge is 0.347 e. The van der Waals surface area contributed by atoms with Crippen molar-refractivity contribution >= 4 is 23.5 Å². The number of ether oxygens (including phenoxy) is 2. The zero-order valence-corrected chi connectivity index (χ0v) is 16.0. The van der Waals surface area contributed by atoms with Gasteiger partial charge in [-0.1, -0.05) is 17.7 Å². The van der Waals surface area contributed by atoms with Gasteiger partial charge in [-0.3, -0.25) is 4.79 Å². The predicted octanol–water partition coefficient (Wildman–Crippen LogP) is 3.63. The lowest BCUT2D eigenvalue weighted by Gasteiger charge is -2.27. The first-order valence-electron chi connectivity index (χ1n) is 8.74. The summed E-state index contributed by atoms with van der Waals surface area (Å²) in [4.78, 5) is 30.2. The zero-order valence-electron chi connectivity index (χ0n) is 15.2. The molecule has 0 radical (unpaired) electrons. The number of hydrogen-bond donors (Lipinski definition) is 1. The van der Waals surface area contributed by atoms with Crippen LogP contribution in [0.3, 0.4) is 0 Å². The molecule has 2 aromatic rings. The molecule has 0 unspecified atom stereocenters. The van der Waals surface area contributed by atoms with E-state index in [4.69, 9.17) is 21.1 Å². The monoisotopic (exact) mass is 402 g/mol. The van der Waals surface area contributed by atoms with E-state index >= 15 is 0 Å². The van der Waals surface area contributed by atoms with Gasteiger partial charge < -0.3 is 19.5 Å². The number of amides is 1. The summed E-state index contributed by atoms with van der Waals surface area (Å²) in [6, 6.07) is 10.4. The maximum atomic E-state index is 12.5. The number of benzene rings is 1. The molecule has 0 fully saturated rings. The van der Waals surface area contributed by atoms with Crippen molar-refractivity contribution in [2.75, 3.05) is 13.2 Å². The number of pyridine rings is 1. The molecule has 146 valence electrons. The minimum atomic E-state index is -0.806. The van der Waals surface area contributed by atoms with Crippen molar-refractivity contribution < 1.29 is 24.2 Å². The number of carbonyl (C=O) groups excluding carboxylic acids is 2. The van der Waals surface area contributed by atoms with E-state index in [0.29, 0.717) is 23.2 Å². The molecule has 0 spiro atoms. The maximum Gasteiger partial charge on any atom is 0.347 e. The van der Waals surface area contributed by atoms with Crippen LogP contribution in [-0.2, 0) is 20.9 Å². The van der Waals surface area contributed by atoms with E-state index in [2.05, 4.69) is 4.98 Å². The Morgan fingerprint density at radius 2 is 2.00 bits per heavy atom. The average Bonchev–Trinajstić information content (AvgIpc) is 2.68. The fourth-order valence-corrected chi connectivity index (χ4v) is 2.84. The van der Waals surface area contributed by atoms with E-state index in [1.165, 1.54) is 4.90 Å². The van der Waals surface area contributed by atoms with Crippen LogP contribution in [0.4, 0.5) is 0 Å². The first-order valence-corrected chi connectivity index (χ1v) is 9.12. The van der Waals surface area contributed by atoms with Crippen LogP contribution in [0.1, 0.15) is 18.9 Å². The summed E-state index contributed by atoms with van der Waals surface area (Å²) in [5.41, 5.74) is 0.463. The normalized spacial score (nSPS) is 14.2.